The molecule has 2 heterocycles. The van der Waals surface area contributed by atoms with Gasteiger partial charge in [0.05, 0.1) is 13.3 Å². The van der Waals surface area contributed by atoms with Crippen molar-refractivity contribution < 1.29 is 9.47 Å². The Hall–Kier alpha value is -2.33. The number of methoxy groups -OCH3 is 1. The van der Waals surface area contributed by atoms with E-state index in [1.165, 1.54) is 17.6 Å². The quantitative estimate of drug-likeness (QED) is 0.927. The highest BCUT2D eigenvalue weighted by molar-refractivity contribution is 5.67. The standard InChI is InChI=1S/C20H22N2O2/c1-23-18-2-4-19(5-3-18)24-20-9-17(12-22-13-20)16-7-14-6-15(8-16)11-21-10-14/h2-5,7,9,12-15,21H,6,8,10-11H2,1H3. The lowest BCUT2D eigenvalue weighted by molar-refractivity contribution is 0.316. The van der Waals surface area contributed by atoms with Crippen LogP contribution in [-0.2, 0) is 0 Å². The molecule has 4 nitrogen and oxygen atoms in total. The lowest BCUT2D eigenvalue weighted by atomic mass is 9.78. The van der Waals surface area contributed by atoms with Crippen molar-refractivity contribution in [3.63, 3.8) is 0 Å². The van der Waals surface area contributed by atoms with Gasteiger partial charge in [-0.1, -0.05) is 6.08 Å². The largest absolute Gasteiger partial charge is 0.497 e. The first kappa shape index (κ1) is 15.2. The Labute approximate surface area is 142 Å². The van der Waals surface area contributed by atoms with Crippen LogP contribution in [0.5, 0.6) is 17.2 Å². The van der Waals surface area contributed by atoms with Gasteiger partial charge in [0.1, 0.15) is 17.2 Å². The highest BCUT2D eigenvalue weighted by Crippen LogP contribution is 2.36. The molecule has 1 aliphatic heterocycles. The molecule has 1 fully saturated rings. The molecule has 1 aromatic heterocycles. The predicted molar refractivity (Wildman–Crippen MR) is 94.4 cm³/mol. The van der Waals surface area contributed by atoms with Crippen molar-refractivity contribution in [3.8, 4) is 17.2 Å². The number of nitrogens with one attached hydrogen (secondary N) is 1. The third-order valence-electron chi connectivity index (χ3n) is 4.80. The molecule has 0 saturated carbocycles. The van der Waals surface area contributed by atoms with Gasteiger partial charge in [0, 0.05) is 12.7 Å². The number of hydrogen-bond donors (Lipinski definition) is 1. The summed E-state index contributed by atoms with van der Waals surface area (Å²) in [6.45, 7) is 2.22. The fraction of sp³-hybridized carbons (Fsp3) is 0.350. The highest BCUT2D eigenvalue weighted by Gasteiger charge is 2.26. The molecule has 124 valence electrons. The van der Waals surface area contributed by atoms with Gasteiger partial charge >= 0.3 is 0 Å². The average Bonchev–Trinajstić information content (AvgIpc) is 2.62. The number of hydrogen-bond acceptors (Lipinski definition) is 4. The van der Waals surface area contributed by atoms with Gasteiger partial charge in [0.25, 0.3) is 0 Å². The maximum Gasteiger partial charge on any atom is 0.146 e. The number of fused-ring (bicyclic) bond motifs is 2. The predicted octanol–water partition coefficient (Wildman–Crippen LogP) is 3.90. The van der Waals surface area contributed by atoms with Crippen molar-refractivity contribution in [2.75, 3.05) is 20.2 Å². The Morgan fingerprint density at radius 2 is 1.88 bits per heavy atom. The van der Waals surface area contributed by atoms with Gasteiger partial charge in [-0.05, 0) is 72.7 Å². The molecule has 1 aromatic carbocycles. The number of aromatic nitrogens is 1. The van der Waals surface area contributed by atoms with Gasteiger partial charge < -0.3 is 14.8 Å². The Bertz CT molecular complexity index is 740. The molecule has 2 unspecified atom stereocenters. The lowest BCUT2D eigenvalue weighted by Gasteiger charge is -2.34. The van der Waals surface area contributed by atoms with E-state index in [-0.39, 0.29) is 0 Å². The van der Waals surface area contributed by atoms with Gasteiger partial charge in [-0.3, -0.25) is 4.98 Å². The van der Waals surface area contributed by atoms with E-state index in [1.54, 1.807) is 13.3 Å². The van der Waals surface area contributed by atoms with Crippen LogP contribution < -0.4 is 14.8 Å². The zero-order chi connectivity index (χ0) is 16.4. The number of benzene rings is 1. The normalized spacial score (nSPS) is 22.6. The van der Waals surface area contributed by atoms with Crippen LogP contribution in [0.1, 0.15) is 18.4 Å². The SMILES string of the molecule is COc1ccc(Oc2cncc(C3=CC4CNCC(C3)C4)c2)cc1. The minimum absolute atomic E-state index is 0.652. The fourth-order valence-electron chi connectivity index (χ4n) is 3.66. The zero-order valence-electron chi connectivity index (χ0n) is 13.9. The maximum absolute atomic E-state index is 5.95. The minimum atomic E-state index is 0.652. The molecule has 1 N–H and O–H groups in total. The van der Waals surface area contributed by atoms with Crippen LogP contribution in [0, 0.1) is 11.8 Å². The second-order valence-electron chi connectivity index (χ2n) is 6.60. The number of ether oxygens (including phenoxy) is 2. The van der Waals surface area contributed by atoms with Crippen molar-refractivity contribution in [1.82, 2.24) is 10.3 Å². The van der Waals surface area contributed by atoms with Crippen LogP contribution in [0.4, 0.5) is 0 Å². The number of allylic oxidation sites excluding steroid dienone is 1. The Balaban J connectivity index is 1.54. The van der Waals surface area contributed by atoms with E-state index in [0.29, 0.717) is 5.92 Å². The van der Waals surface area contributed by atoms with E-state index in [1.807, 2.05) is 30.5 Å². The number of rotatable bonds is 4. The molecule has 2 aliphatic rings. The molecule has 1 aliphatic carbocycles. The van der Waals surface area contributed by atoms with Crippen LogP contribution in [0.2, 0.25) is 0 Å². The molecule has 2 atom stereocenters. The summed E-state index contributed by atoms with van der Waals surface area (Å²) in [6, 6.07) is 9.69. The molecule has 4 heteroatoms. The van der Waals surface area contributed by atoms with E-state index >= 15 is 0 Å². The summed E-state index contributed by atoms with van der Waals surface area (Å²) in [5.74, 6) is 3.77. The van der Waals surface area contributed by atoms with E-state index in [4.69, 9.17) is 9.47 Å². The molecule has 0 amide bonds. The Kier molecular flexibility index (Phi) is 4.22. The van der Waals surface area contributed by atoms with E-state index < -0.39 is 0 Å². The summed E-state index contributed by atoms with van der Waals surface area (Å²) in [7, 11) is 1.66. The van der Waals surface area contributed by atoms with Crippen LogP contribution in [0.25, 0.3) is 5.57 Å². The van der Waals surface area contributed by atoms with Crippen molar-refractivity contribution in [1.29, 1.82) is 0 Å². The van der Waals surface area contributed by atoms with Crippen LogP contribution in [-0.4, -0.2) is 25.2 Å². The van der Waals surface area contributed by atoms with E-state index in [2.05, 4.69) is 22.4 Å². The monoisotopic (exact) mass is 322 g/mol. The second kappa shape index (κ2) is 6.65. The van der Waals surface area contributed by atoms with Crippen LogP contribution in [0.15, 0.2) is 48.8 Å². The molecular weight excluding hydrogens is 300 g/mol. The topological polar surface area (TPSA) is 43.4 Å². The van der Waals surface area contributed by atoms with Crippen molar-refractivity contribution in [3.05, 3.63) is 54.4 Å². The van der Waals surface area contributed by atoms with E-state index in [9.17, 15) is 0 Å². The average molecular weight is 322 g/mol. The Morgan fingerprint density at radius 3 is 2.67 bits per heavy atom. The van der Waals surface area contributed by atoms with Crippen molar-refractivity contribution in [2.45, 2.75) is 12.8 Å². The molecule has 2 aromatic rings. The summed E-state index contributed by atoms with van der Waals surface area (Å²) in [5, 5.41) is 3.52. The summed E-state index contributed by atoms with van der Waals surface area (Å²) in [5.41, 5.74) is 2.59. The van der Waals surface area contributed by atoms with Gasteiger partial charge in [-0.25, -0.2) is 0 Å². The van der Waals surface area contributed by atoms with Gasteiger partial charge in [-0.2, -0.15) is 0 Å². The first-order valence-corrected chi connectivity index (χ1v) is 8.49. The van der Waals surface area contributed by atoms with Crippen molar-refractivity contribution in [2.24, 2.45) is 11.8 Å². The molecule has 4 rings (SSSR count). The van der Waals surface area contributed by atoms with Crippen LogP contribution in [0.3, 0.4) is 0 Å². The number of nitrogens with zero attached hydrogens (tertiary/aromatic N) is 1. The molecule has 0 spiro atoms. The first-order valence-electron chi connectivity index (χ1n) is 8.49. The lowest BCUT2D eigenvalue weighted by Crippen LogP contribution is -2.37. The van der Waals surface area contributed by atoms with Crippen LogP contribution >= 0.6 is 0 Å². The maximum atomic E-state index is 5.95. The van der Waals surface area contributed by atoms with Gasteiger partial charge in [0.15, 0.2) is 0 Å². The fourth-order valence-corrected chi connectivity index (χ4v) is 3.66. The molecule has 0 radical (unpaired) electrons. The molecular formula is C20H22N2O2. The smallest absolute Gasteiger partial charge is 0.146 e. The second-order valence-corrected chi connectivity index (χ2v) is 6.60. The number of pyridine rings is 1. The van der Waals surface area contributed by atoms with Crippen molar-refractivity contribution >= 4 is 5.57 Å². The number of piperidine rings is 1. The summed E-state index contributed by atoms with van der Waals surface area (Å²) >= 11 is 0. The summed E-state index contributed by atoms with van der Waals surface area (Å²) < 4.78 is 11.1. The van der Waals surface area contributed by atoms with E-state index in [0.717, 1.165) is 42.7 Å². The first-order chi connectivity index (χ1) is 11.8. The third-order valence-corrected chi connectivity index (χ3v) is 4.80. The molecule has 2 bridgehead atoms. The van der Waals surface area contributed by atoms with Gasteiger partial charge in [-0.15, -0.1) is 0 Å². The molecule has 1 saturated heterocycles. The summed E-state index contributed by atoms with van der Waals surface area (Å²) in [6.07, 6.45) is 8.56. The third kappa shape index (κ3) is 3.29. The molecule has 24 heavy (non-hydrogen) atoms. The van der Waals surface area contributed by atoms with Gasteiger partial charge in [0.2, 0.25) is 0 Å². The highest BCUT2D eigenvalue weighted by atomic mass is 16.5. The minimum Gasteiger partial charge on any atom is -0.497 e. The Morgan fingerprint density at radius 1 is 1.04 bits per heavy atom. The summed E-state index contributed by atoms with van der Waals surface area (Å²) in [4.78, 5) is 4.38. The zero-order valence-corrected chi connectivity index (χ0v) is 13.9.